The van der Waals surface area contributed by atoms with Crippen molar-refractivity contribution in [3.05, 3.63) is 47.9 Å². The third-order valence-electron chi connectivity index (χ3n) is 3.88. The van der Waals surface area contributed by atoms with E-state index < -0.39 is 0 Å². The number of fused-ring (bicyclic) bond motifs is 1. The molecule has 0 saturated heterocycles. The fourth-order valence-corrected chi connectivity index (χ4v) is 2.66. The van der Waals surface area contributed by atoms with Crippen molar-refractivity contribution in [3.63, 3.8) is 0 Å². The molecule has 0 spiro atoms. The van der Waals surface area contributed by atoms with Gasteiger partial charge in [-0.2, -0.15) is 0 Å². The van der Waals surface area contributed by atoms with Crippen molar-refractivity contribution in [1.82, 2.24) is 10.6 Å². The van der Waals surface area contributed by atoms with E-state index in [4.69, 9.17) is 13.9 Å². The summed E-state index contributed by atoms with van der Waals surface area (Å²) < 4.78 is 16.4. The lowest BCUT2D eigenvalue weighted by Gasteiger charge is -2.22. The summed E-state index contributed by atoms with van der Waals surface area (Å²) in [6.45, 7) is 4.98. The van der Waals surface area contributed by atoms with Gasteiger partial charge in [0.05, 0.1) is 12.3 Å². The van der Waals surface area contributed by atoms with Crippen molar-refractivity contribution in [2.24, 2.45) is 0 Å². The molecule has 128 valence electrons. The van der Waals surface area contributed by atoms with Crippen LogP contribution >= 0.6 is 0 Å². The maximum atomic E-state index is 12.1. The van der Waals surface area contributed by atoms with Gasteiger partial charge in [0, 0.05) is 12.5 Å². The molecule has 0 radical (unpaired) electrons. The highest BCUT2D eigenvalue weighted by atomic mass is 16.6. The van der Waals surface area contributed by atoms with Gasteiger partial charge in [-0.1, -0.05) is 6.07 Å². The van der Waals surface area contributed by atoms with E-state index >= 15 is 0 Å². The van der Waals surface area contributed by atoms with Gasteiger partial charge in [0.1, 0.15) is 19.0 Å². The zero-order valence-corrected chi connectivity index (χ0v) is 13.9. The van der Waals surface area contributed by atoms with Crippen molar-refractivity contribution >= 4 is 6.03 Å². The zero-order valence-electron chi connectivity index (χ0n) is 13.9. The molecule has 24 heavy (non-hydrogen) atoms. The zero-order chi connectivity index (χ0) is 16.9. The molecule has 0 bridgehead atoms. The Kier molecular flexibility index (Phi) is 4.93. The topological polar surface area (TPSA) is 72.7 Å². The van der Waals surface area contributed by atoms with Crippen molar-refractivity contribution < 1.29 is 18.7 Å². The number of rotatable bonds is 5. The van der Waals surface area contributed by atoms with E-state index in [1.165, 1.54) is 0 Å². The number of ether oxygens (including phenoxy) is 2. The van der Waals surface area contributed by atoms with Crippen LogP contribution in [0.3, 0.4) is 0 Å². The van der Waals surface area contributed by atoms with Crippen LogP contribution < -0.4 is 20.1 Å². The van der Waals surface area contributed by atoms with Crippen LogP contribution in [-0.2, 0) is 6.42 Å². The Morgan fingerprint density at radius 3 is 2.67 bits per heavy atom. The summed E-state index contributed by atoms with van der Waals surface area (Å²) in [6, 6.07) is 9.08. The molecule has 1 aliphatic rings. The molecule has 2 N–H and O–H groups in total. The smallest absolute Gasteiger partial charge is 0.315 e. The summed E-state index contributed by atoms with van der Waals surface area (Å²) in [7, 11) is 0. The third kappa shape index (κ3) is 4.01. The minimum absolute atomic E-state index is 0.0244. The Morgan fingerprint density at radius 1 is 1.12 bits per heavy atom. The Morgan fingerprint density at radius 2 is 1.92 bits per heavy atom. The van der Waals surface area contributed by atoms with Crippen LogP contribution in [0.4, 0.5) is 4.79 Å². The van der Waals surface area contributed by atoms with E-state index in [-0.39, 0.29) is 18.1 Å². The van der Waals surface area contributed by atoms with E-state index in [1.54, 1.807) is 6.26 Å². The largest absolute Gasteiger partial charge is 0.486 e. The Hall–Kier alpha value is -2.63. The van der Waals surface area contributed by atoms with Crippen molar-refractivity contribution in [1.29, 1.82) is 0 Å². The predicted octanol–water partition coefficient (Wildman–Crippen LogP) is 3.04. The molecule has 2 amide bonds. The van der Waals surface area contributed by atoms with E-state index in [9.17, 15) is 4.79 Å². The van der Waals surface area contributed by atoms with Crippen LogP contribution in [0.2, 0.25) is 0 Å². The summed E-state index contributed by atoms with van der Waals surface area (Å²) in [6.07, 6.45) is 2.28. The Balaban J connectivity index is 1.54. The second-order valence-electron chi connectivity index (χ2n) is 5.93. The average Bonchev–Trinajstić information content (AvgIpc) is 3.06. The minimum Gasteiger partial charge on any atom is -0.486 e. The van der Waals surface area contributed by atoms with Gasteiger partial charge in [0.2, 0.25) is 0 Å². The van der Waals surface area contributed by atoms with Crippen molar-refractivity contribution in [2.45, 2.75) is 32.4 Å². The van der Waals surface area contributed by atoms with E-state index in [0.717, 1.165) is 22.8 Å². The monoisotopic (exact) mass is 330 g/mol. The molecule has 2 aromatic rings. The second-order valence-corrected chi connectivity index (χ2v) is 5.93. The van der Waals surface area contributed by atoms with Gasteiger partial charge in [0.25, 0.3) is 0 Å². The van der Waals surface area contributed by atoms with Crippen LogP contribution in [0.5, 0.6) is 11.5 Å². The maximum Gasteiger partial charge on any atom is 0.315 e. The van der Waals surface area contributed by atoms with Crippen molar-refractivity contribution in [2.75, 3.05) is 13.2 Å². The van der Waals surface area contributed by atoms with Gasteiger partial charge in [-0.25, -0.2) is 4.79 Å². The first-order valence-electron chi connectivity index (χ1n) is 8.11. The molecule has 3 rings (SSSR count). The highest BCUT2D eigenvalue weighted by Gasteiger charge is 2.16. The van der Waals surface area contributed by atoms with Crippen LogP contribution in [0.25, 0.3) is 0 Å². The normalized spacial score (nSPS) is 15.4. The van der Waals surface area contributed by atoms with Crippen LogP contribution in [0, 0.1) is 0 Å². The maximum absolute atomic E-state index is 12.1. The number of hydrogen-bond donors (Lipinski definition) is 2. The third-order valence-corrected chi connectivity index (χ3v) is 3.88. The standard InChI is InChI=1S/C18H22N2O4/c1-12(10-15-4-3-7-22-15)19-18(21)20-13(2)14-5-6-16-17(11-14)24-9-8-23-16/h3-7,11-13H,8-10H2,1-2H3,(H2,19,20,21)/t12-,13-/m1/s1. The Labute approximate surface area is 141 Å². The highest BCUT2D eigenvalue weighted by Crippen LogP contribution is 2.32. The highest BCUT2D eigenvalue weighted by molar-refractivity contribution is 5.74. The summed E-state index contributed by atoms with van der Waals surface area (Å²) in [5.41, 5.74) is 0.966. The van der Waals surface area contributed by atoms with Gasteiger partial charge >= 0.3 is 6.03 Å². The first-order chi connectivity index (χ1) is 11.6. The number of hydrogen-bond acceptors (Lipinski definition) is 4. The fraction of sp³-hybridized carbons (Fsp3) is 0.389. The minimum atomic E-state index is -0.212. The van der Waals surface area contributed by atoms with Gasteiger partial charge in [-0.15, -0.1) is 0 Å². The van der Waals surface area contributed by atoms with Crippen molar-refractivity contribution in [3.8, 4) is 11.5 Å². The van der Waals surface area contributed by atoms with Gasteiger partial charge in [-0.05, 0) is 43.7 Å². The van der Waals surface area contributed by atoms with E-state index in [1.807, 2.05) is 44.2 Å². The Bertz CT molecular complexity index is 684. The number of urea groups is 1. The molecule has 6 nitrogen and oxygen atoms in total. The predicted molar refractivity (Wildman–Crippen MR) is 89.4 cm³/mol. The van der Waals surface area contributed by atoms with Crippen LogP contribution in [-0.4, -0.2) is 25.3 Å². The quantitative estimate of drug-likeness (QED) is 0.884. The first kappa shape index (κ1) is 16.2. The van der Waals surface area contributed by atoms with Gasteiger partial charge in [-0.3, -0.25) is 0 Å². The molecule has 0 unspecified atom stereocenters. The number of benzene rings is 1. The number of nitrogens with one attached hydrogen (secondary N) is 2. The fourth-order valence-electron chi connectivity index (χ4n) is 2.66. The van der Waals surface area contributed by atoms with E-state index in [2.05, 4.69) is 10.6 Å². The molecule has 2 heterocycles. The molecule has 0 saturated carbocycles. The van der Waals surface area contributed by atoms with Crippen LogP contribution in [0.15, 0.2) is 41.0 Å². The summed E-state index contributed by atoms with van der Waals surface area (Å²) in [5, 5.41) is 5.85. The number of carbonyl (C=O) groups is 1. The summed E-state index contributed by atoms with van der Waals surface area (Å²) in [5.74, 6) is 2.32. The van der Waals surface area contributed by atoms with E-state index in [0.29, 0.717) is 19.6 Å². The second kappa shape index (κ2) is 7.29. The molecule has 1 aromatic heterocycles. The summed E-state index contributed by atoms with van der Waals surface area (Å²) >= 11 is 0. The molecule has 0 fully saturated rings. The average molecular weight is 330 g/mol. The van der Waals surface area contributed by atoms with Gasteiger partial charge < -0.3 is 24.5 Å². The lowest BCUT2D eigenvalue weighted by molar-refractivity contribution is 0.171. The molecule has 6 heteroatoms. The molecule has 1 aliphatic heterocycles. The molecule has 0 aliphatic carbocycles. The van der Waals surface area contributed by atoms with Crippen LogP contribution in [0.1, 0.15) is 31.2 Å². The molecule has 1 aromatic carbocycles. The van der Waals surface area contributed by atoms with Gasteiger partial charge in [0.15, 0.2) is 11.5 Å². The molecular formula is C18H22N2O4. The summed E-state index contributed by atoms with van der Waals surface area (Å²) in [4.78, 5) is 12.1. The number of furan rings is 1. The molecule has 2 atom stereocenters. The molecular weight excluding hydrogens is 308 g/mol. The lowest BCUT2D eigenvalue weighted by Crippen LogP contribution is -2.42. The SMILES string of the molecule is C[C@H](Cc1ccco1)NC(=O)N[C@H](C)c1ccc2c(c1)OCCO2. The number of carbonyl (C=O) groups excluding carboxylic acids is 1. The number of amides is 2. The lowest BCUT2D eigenvalue weighted by atomic mass is 10.1. The first-order valence-corrected chi connectivity index (χ1v) is 8.11.